The van der Waals surface area contributed by atoms with Crippen molar-refractivity contribution in [3.8, 4) is 11.1 Å². The van der Waals surface area contributed by atoms with Gasteiger partial charge in [-0.15, -0.1) is 0 Å². The highest BCUT2D eigenvalue weighted by atomic mass is 16.6. The molecule has 1 aliphatic heterocycles. The van der Waals surface area contributed by atoms with Gasteiger partial charge in [0.15, 0.2) is 0 Å². The van der Waals surface area contributed by atoms with Crippen LogP contribution >= 0.6 is 0 Å². The zero-order chi connectivity index (χ0) is 26.8. The average Bonchev–Trinajstić information content (AvgIpc) is 3.65. The van der Waals surface area contributed by atoms with Gasteiger partial charge in [-0.2, -0.15) is 0 Å². The topological polar surface area (TPSA) is 49.8 Å². The van der Waals surface area contributed by atoms with Crippen molar-refractivity contribution in [1.29, 1.82) is 0 Å². The number of carbonyl (C=O) groups is 1. The maximum absolute atomic E-state index is 11.1. The molecule has 0 saturated carbocycles. The third-order valence-corrected chi connectivity index (χ3v) is 8.39. The minimum atomic E-state index is -0.805. The lowest BCUT2D eigenvalue weighted by atomic mass is 9.69. The summed E-state index contributed by atoms with van der Waals surface area (Å²) >= 11 is 0. The van der Waals surface area contributed by atoms with Gasteiger partial charge in [-0.05, 0) is 96.2 Å². The van der Waals surface area contributed by atoms with Crippen molar-refractivity contribution in [3.63, 3.8) is 0 Å². The van der Waals surface area contributed by atoms with Crippen LogP contribution in [0.1, 0.15) is 79.0 Å². The number of benzene rings is 3. The van der Waals surface area contributed by atoms with E-state index in [2.05, 4.69) is 84.0 Å². The number of hydrogen-bond acceptors (Lipinski definition) is 2. The number of carboxylic acid groups (broad SMARTS) is 1. The number of ether oxygens (including phenoxy) is 1. The summed E-state index contributed by atoms with van der Waals surface area (Å²) in [4.78, 5) is 11.1. The van der Waals surface area contributed by atoms with Crippen LogP contribution < -0.4 is 0 Å². The molecule has 0 radical (unpaired) electrons. The lowest BCUT2D eigenvalue weighted by Gasteiger charge is -2.35. The summed E-state index contributed by atoms with van der Waals surface area (Å²) in [5.41, 5.74) is 10.8. The van der Waals surface area contributed by atoms with Crippen LogP contribution in [-0.4, -0.2) is 23.3 Å². The maximum Gasteiger partial charge on any atom is 0.307 e. The molecule has 1 unspecified atom stereocenters. The molecule has 1 aliphatic rings. The van der Waals surface area contributed by atoms with Crippen LogP contribution in [0.15, 0.2) is 60.7 Å². The molecular weight excluding hydrogens is 456 g/mol. The normalized spacial score (nSPS) is 17.4. The van der Waals surface area contributed by atoms with Gasteiger partial charge in [0.1, 0.15) is 5.60 Å². The van der Waals surface area contributed by atoms with Gasteiger partial charge in [0, 0.05) is 5.41 Å². The fourth-order valence-electron chi connectivity index (χ4n) is 5.81. The summed E-state index contributed by atoms with van der Waals surface area (Å²) in [7, 11) is 0. The van der Waals surface area contributed by atoms with Gasteiger partial charge in [0.2, 0.25) is 0 Å². The molecule has 194 valence electrons. The molecule has 1 heterocycles. The molecule has 3 aromatic carbocycles. The van der Waals surface area contributed by atoms with E-state index in [1.165, 1.54) is 38.9 Å². The smallest absolute Gasteiger partial charge is 0.307 e. The first kappa shape index (κ1) is 26.9. The summed E-state index contributed by atoms with van der Waals surface area (Å²) < 4.78 is 5.65. The second-order valence-electron chi connectivity index (χ2n) is 10.7. The standard InChI is InChI=1S/C34H40O3/c1-7-33(22-37-33)17-16-27-14-15-29(18-23(27)4)34(8-2,9-3)30-19-24(5)32(25(6)20-30)28-12-10-26(11-13-28)21-31(35)36/h10-20H,7-9,21-22H2,1-6H3,(H,35,36)/b17-16+. The van der Waals surface area contributed by atoms with Crippen molar-refractivity contribution in [2.24, 2.45) is 0 Å². The van der Waals surface area contributed by atoms with Gasteiger partial charge in [-0.25, -0.2) is 0 Å². The summed E-state index contributed by atoms with van der Waals surface area (Å²) in [5, 5.41) is 9.08. The molecular formula is C34H40O3. The highest BCUT2D eigenvalue weighted by Crippen LogP contribution is 2.42. The highest BCUT2D eigenvalue weighted by molar-refractivity contribution is 5.74. The Kier molecular flexibility index (Phi) is 7.75. The Balaban J connectivity index is 1.69. The van der Waals surface area contributed by atoms with Crippen molar-refractivity contribution in [2.75, 3.05) is 6.61 Å². The SMILES string of the molecule is CCC1(/C=C/c2ccc(C(CC)(CC)c3cc(C)c(-c4ccc(CC(=O)O)cc4)c(C)c3)cc2C)CO1. The van der Waals surface area contributed by atoms with E-state index < -0.39 is 5.97 Å². The molecule has 37 heavy (non-hydrogen) atoms. The number of epoxide rings is 1. The highest BCUT2D eigenvalue weighted by Gasteiger charge is 2.39. The Morgan fingerprint density at radius 3 is 2.00 bits per heavy atom. The van der Waals surface area contributed by atoms with E-state index in [1.54, 1.807) is 0 Å². The van der Waals surface area contributed by atoms with E-state index in [-0.39, 0.29) is 17.4 Å². The predicted molar refractivity (Wildman–Crippen MR) is 153 cm³/mol. The van der Waals surface area contributed by atoms with E-state index in [1.807, 2.05) is 24.3 Å². The summed E-state index contributed by atoms with van der Waals surface area (Å²) in [6, 6.07) is 19.6. The van der Waals surface area contributed by atoms with Crippen molar-refractivity contribution in [1.82, 2.24) is 0 Å². The monoisotopic (exact) mass is 496 g/mol. The maximum atomic E-state index is 11.1. The number of carboxylic acids is 1. The Labute approximate surface area is 222 Å². The molecule has 1 fully saturated rings. The molecule has 3 aromatic rings. The molecule has 0 aromatic heterocycles. The van der Waals surface area contributed by atoms with Crippen LogP contribution in [0.5, 0.6) is 0 Å². The number of aliphatic carboxylic acids is 1. The van der Waals surface area contributed by atoms with Crippen molar-refractivity contribution in [3.05, 3.63) is 99.6 Å². The molecule has 3 nitrogen and oxygen atoms in total. The van der Waals surface area contributed by atoms with Crippen LogP contribution in [-0.2, 0) is 21.4 Å². The van der Waals surface area contributed by atoms with Crippen LogP contribution in [0.4, 0.5) is 0 Å². The first-order chi connectivity index (χ1) is 17.7. The quantitative estimate of drug-likeness (QED) is 0.288. The van der Waals surface area contributed by atoms with Gasteiger partial charge < -0.3 is 9.84 Å². The lowest BCUT2D eigenvalue weighted by molar-refractivity contribution is -0.136. The van der Waals surface area contributed by atoms with E-state index >= 15 is 0 Å². The van der Waals surface area contributed by atoms with Crippen molar-refractivity contribution >= 4 is 12.0 Å². The molecule has 1 saturated heterocycles. The van der Waals surface area contributed by atoms with Crippen LogP contribution in [0.25, 0.3) is 17.2 Å². The Hall–Kier alpha value is -3.17. The van der Waals surface area contributed by atoms with E-state index in [0.717, 1.165) is 37.0 Å². The Morgan fingerprint density at radius 1 is 0.919 bits per heavy atom. The molecule has 0 bridgehead atoms. The second kappa shape index (κ2) is 10.7. The first-order valence-electron chi connectivity index (χ1n) is 13.5. The largest absolute Gasteiger partial charge is 0.481 e. The van der Waals surface area contributed by atoms with Gasteiger partial charge >= 0.3 is 5.97 Å². The first-order valence-corrected chi connectivity index (χ1v) is 13.5. The van der Waals surface area contributed by atoms with Gasteiger partial charge in [-0.1, -0.05) is 81.4 Å². The third-order valence-electron chi connectivity index (χ3n) is 8.39. The molecule has 3 heteroatoms. The number of rotatable bonds is 10. The molecule has 0 amide bonds. The third kappa shape index (κ3) is 5.43. The number of aryl methyl sites for hydroxylation is 3. The van der Waals surface area contributed by atoms with Gasteiger partial charge in [-0.3, -0.25) is 4.79 Å². The number of hydrogen-bond donors (Lipinski definition) is 1. The predicted octanol–water partition coefficient (Wildman–Crippen LogP) is 8.20. The molecule has 0 spiro atoms. The zero-order valence-electron chi connectivity index (χ0n) is 23.2. The fraction of sp³-hybridized carbons (Fsp3) is 0.382. The minimum absolute atomic E-state index is 0.0465. The van der Waals surface area contributed by atoms with Crippen molar-refractivity contribution in [2.45, 2.75) is 78.2 Å². The average molecular weight is 497 g/mol. The lowest BCUT2D eigenvalue weighted by Crippen LogP contribution is -2.26. The van der Waals surface area contributed by atoms with E-state index in [9.17, 15) is 4.79 Å². The summed E-state index contributed by atoms with van der Waals surface area (Å²) in [5.74, 6) is -0.805. The molecule has 4 rings (SSSR count). The minimum Gasteiger partial charge on any atom is -0.481 e. The van der Waals surface area contributed by atoms with Gasteiger partial charge in [0.05, 0.1) is 13.0 Å². The van der Waals surface area contributed by atoms with Crippen LogP contribution in [0, 0.1) is 20.8 Å². The summed E-state index contributed by atoms with van der Waals surface area (Å²) in [6.07, 6.45) is 7.55. The zero-order valence-corrected chi connectivity index (χ0v) is 23.2. The van der Waals surface area contributed by atoms with Crippen LogP contribution in [0.3, 0.4) is 0 Å². The summed E-state index contributed by atoms with van der Waals surface area (Å²) in [6.45, 7) is 14.2. The Morgan fingerprint density at radius 2 is 1.51 bits per heavy atom. The molecule has 1 N–H and O–H groups in total. The van der Waals surface area contributed by atoms with E-state index in [0.29, 0.717) is 0 Å². The second-order valence-corrected chi connectivity index (χ2v) is 10.7. The van der Waals surface area contributed by atoms with Gasteiger partial charge in [0.25, 0.3) is 0 Å². The van der Waals surface area contributed by atoms with E-state index in [4.69, 9.17) is 9.84 Å². The molecule has 1 atom stereocenters. The van der Waals surface area contributed by atoms with Crippen LogP contribution in [0.2, 0.25) is 0 Å². The van der Waals surface area contributed by atoms with Crippen molar-refractivity contribution < 1.29 is 14.6 Å². The molecule has 0 aliphatic carbocycles. The fourth-order valence-corrected chi connectivity index (χ4v) is 5.81. The Bertz CT molecular complexity index is 1280.